The average molecular weight is 371 g/mol. The van der Waals surface area contributed by atoms with E-state index in [0.717, 1.165) is 27.8 Å². The standard InChI is InChI=1S/C22H17N3OS/c27-22(23-18-12-5-2-6-13-18)25-24-21-19(16-9-3-1-4-10-16)15-17-11-7-8-14-20(17)26-21/h1-15H,(H2,23,25,27)/b24-21+. The number of hydrogen-bond acceptors (Lipinski definition) is 3. The summed E-state index contributed by atoms with van der Waals surface area (Å²) >= 11 is 5.33. The first-order valence-corrected chi connectivity index (χ1v) is 8.94. The zero-order valence-corrected chi connectivity index (χ0v) is 15.2. The van der Waals surface area contributed by atoms with Crippen LogP contribution in [0.25, 0.3) is 22.1 Å². The summed E-state index contributed by atoms with van der Waals surface area (Å²) in [5.74, 6) is 0. The van der Waals surface area contributed by atoms with Gasteiger partial charge < -0.3 is 9.73 Å². The highest BCUT2D eigenvalue weighted by Gasteiger charge is 2.06. The van der Waals surface area contributed by atoms with Gasteiger partial charge in [-0.2, -0.15) is 0 Å². The van der Waals surface area contributed by atoms with Crippen LogP contribution in [0, 0.1) is 0 Å². The van der Waals surface area contributed by atoms with Gasteiger partial charge in [-0.1, -0.05) is 66.7 Å². The molecule has 132 valence electrons. The van der Waals surface area contributed by atoms with Crippen molar-refractivity contribution in [2.75, 3.05) is 5.32 Å². The highest BCUT2D eigenvalue weighted by atomic mass is 32.1. The first kappa shape index (κ1) is 17.0. The maximum Gasteiger partial charge on any atom is 0.244 e. The minimum Gasteiger partial charge on any atom is -0.436 e. The first-order valence-electron chi connectivity index (χ1n) is 8.54. The summed E-state index contributed by atoms with van der Waals surface area (Å²) in [7, 11) is 0. The largest absolute Gasteiger partial charge is 0.436 e. The molecule has 0 spiro atoms. The highest BCUT2D eigenvalue weighted by molar-refractivity contribution is 7.80. The van der Waals surface area contributed by atoms with Crippen LogP contribution >= 0.6 is 12.2 Å². The van der Waals surface area contributed by atoms with Crippen molar-refractivity contribution < 1.29 is 4.42 Å². The number of para-hydroxylation sites is 2. The fourth-order valence-electron chi connectivity index (χ4n) is 2.76. The van der Waals surface area contributed by atoms with Crippen molar-refractivity contribution in [2.45, 2.75) is 0 Å². The van der Waals surface area contributed by atoms with Crippen molar-refractivity contribution in [3.63, 3.8) is 0 Å². The molecule has 0 fully saturated rings. The van der Waals surface area contributed by atoms with E-state index in [-0.39, 0.29) is 0 Å². The maximum atomic E-state index is 6.03. The number of anilines is 1. The van der Waals surface area contributed by atoms with Crippen LogP contribution in [0.3, 0.4) is 0 Å². The Kier molecular flexibility index (Phi) is 4.94. The van der Waals surface area contributed by atoms with E-state index in [4.69, 9.17) is 16.6 Å². The number of thiocarbonyl (C=S) groups is 1. The average Bonchev–Trinajstić information content (AvgIpc) is 2.73. The van der Waals surface area contributed by atoms with Crippen molar-refractivity contribution in [3.8, 4) is 11.1 Å². The number of nitrogens with zero attached hydrogens (tertiary/aromatic N) is 1. The van der Waals surface area contributed by atoms with Crippen LogP contribution in [0.5, 0.6) is 0 Å². The molecule has 4 nitrogen and oxygen atoms in total. The number of nitrogens with one attached hydrogen (secondary N) is 2. The lowest BCUT2D eigenvalue weighted by molar-refractivity contribution is 0.533. The second kappa shape index (κ2) is 7.85. The van der Waals surface area contributed by atoms with E-state index >= 15 is 0 Å². The van der Waals surface area contributed by atoms with Crippen molar-refractivity contribution in [2.24, 2.45) is 5.10 Å². The predicted octanol–water partition coefficient (Wildman–Crippen LogP) is 4.90. The molecule has 0 aliphatic rings. The smallest absolute Gasteiger partial charge is 0.244 e. The molecule has 0 radical (unpaired) electrons. The fraction of sp³-hybridized carbons (Fsp3) is 0. The molecule has 4 aromatic rings. The first-order chi connectivity index (χ1) is 13.3. The van der Waals surface area contributed by atoms with Gasteiger partial charge in [-0.25, -0.2) is 5.43 Å². The molecule has 0 aliphatic heterocycles. The molecular formula is C22H17N3OS. The number of benzene rings is 3. The fourth-order valence-corrected chi connectivity index (χ4v) is 2.92. The number of rotatable bonds is 3. The maximum absolute atomic E-state index is 6.03. The van der Waals surface area contributed by atoms with Crippen molar-refractivity contribution in [3.05, 3.63) is 96.5 Å². The summed E-state index contributed by atoms with van der Waals surface area (Å²) < 4.78 is 6.03. The van der Waals surface area contributed by atoms with E-state index in [1.807, 2.05) is 84.9 Å². The van der Waals surface area contributed by atoms with Gasteiger partial charge >= 0.3 is 0 Å². The quantitative estimate of drug-likeness (QED) is 0.397. The Morgan fingerprint density at radius 1 is 0.815 bits per heavy atom. The van der Waals surface area contributed by atoms with Gasteiger partial charge in [-0.3, -0.25) is 0 Å². The Labute approximate surface area is 162 Å². The third-order valence-electron chi connectivity index (χ3n) is 4.03. The Bertz CT molecular complexity index is 1140. The lowest BCUT2D eigenvalue weighted by Crippen LogP contribution is -2.26. The lowest BCUT2D eigenvalue weighted by atomic mass is 10.1. The summed E-state index contributed by atoms with van der Waals surface area (Å²) in [4.78, 5) is 0. The van der Waals surface area contributed by atoms with Crippen LogP contribution < -0.4 is 16.3 Å². The molecule has 0 saturated carbocycles. The zero-order chi connectivity index (χ0) is 18.5. The molecule has 0 atom stereocenters. The van der Waals surface area contributed by atoms with E-state index in [2.05, 4.69) is 21.9 Å². The van der Waals surface area contributed by atoms with Gasteiger partial charge in [0.25, 0.3) is 0 Å². The van der Waals surface area contributed by atoms with Gasteiger partial charge in [0.1, 0.15) is 5.58 Å². The zero-order valence-electron chi connectivity index (χ0n) is 14.4. The van der Waals surface area contributed by atoms with E-state index in [9.17, 15) is 0 Å². The van der Waals surface area contributed by atoms with Crippen molar-refractivity contribution in [1.29, 1.82) is 0 Å². The molecule has 0 bridgehead atoms. The molecule has 0 amide bonds. The van der Waals surface area contributed by atoms with E-state index in [0.29, 0.717) is 10.7 Å². The van der Waals surface area contributed by atoms with Gasteiger partial charge in [0.2, 0.25) is 5.55 Å². The van der Waals surface area contributed by atoms with Gasteiger partial charge in [-0.15, -0.1) is 5.10 Å². The van der Waals surface area contributed by atoms with Gasteiger partial charge in [0, 0.05) is 16.6 Å². The Balaban J connectivity index is 1.71. The molecule has 0 unspecified atom stereocenters. The van der Waals surface area contributed by atoms with Gasteiger partial charge in [-0.05, 0) is 42.0 Å². The molecule has 4 rings (SSSR count). The Morgan fingerprint density at radius 3 is 2.26 bits per heavy atom. The molecule has 0 saturated heterocycles. The molecule has 27 heavy (non-hydrogen) atoms. The van der Waals surface area contributed by atoms with Crippen LogP contribution in [-0.2, 0) is 0 Å². The third kappa shape index (κ3) is 4.04. The van der Waals surface area contributed by atoms with Crippen LogP contribution in [0.1, 0.15) is 0 Å². The van der Waals surface area contributed by atoms with E-state index < -0.39 is 0 Å². The van der Waals surface area contributed by atoms with Crippen molar-refractivity contribution in [1.82, 2.24) is 5.43 Å². The molecule has 1 heterocycles. The third-order valence-corrected chi connectivity index (χ3v) is 4.22. The molecule has 1 aromatic heterocycles. The Hall–Kier alpha value is -3.44. The molecular weight excluding hydrogens is 354 g/mol. The summed E-state index contributed by atoms with van der Waals surface area (Å²) in [6.45, 7) is 0. The van der Waals surface area contributed by atoms with Crippen molar-refractivity contribution >= 4 is 34.0 Å². The molecule has 3 aromatic carbocycles. The molecule has 0 aliphatic carbocycles. The monoisotopic (exact) mass is 371 g/mol. The number of hydrogen-bond donors (Lipinski definition) is 2. The summed E-state index contributed by atoms with van der Waals surface area (Å²) in [6, 6.07) is 29.6. The van der Waals surface area contributed by atoms with Gasteiger partial charge in [0.15, 0.2) is 5.11 Å². The predicted molar refractivity (Wildman–Crippen MR) is 113 cm³/mol. The minimum atomic E-state index is 0.392. The molecule has 5 heteroatoms. The normalized spacial score (nSPS) is 11.3. The topological polar surface area (TPSA) is 49.6 Å². The van der Waals surface area contributed by atoms with Crippen LogP contribution in [0.4, 0.5) is 5.69 Å². The van der Waals surface area contributed by atoms with Gasteiger partial charge in [0.05, 0.1) is 0 Å². The van der Waals surface area contributed by atoms with E-state index in [1.165, 1.54) is 0 Å². The van der Waals surface area contributed by atoms with Crippen LogP contribution in [-0.4, -0.2) is 5.11 Å². The second-order valence-corrected chi connectivity index (χ2v) is 6.32. The lowest BCUT2D eigenvalue weighted by Gasteiger charge is -2.08. The number of fused-ring (bicyclic) bond motifs is 1. The highest BCUT2D eigenvalue weighted by Crippen LogP contribution is 2.20. The Morgan fingerprint density at radius 2 is 1.48 bits per heavy atom. The van der Waals surface area contributed by atoms with E-state index in [1.54, 1.807) is 0 Å². The SMILES string of the molecule is S=C(N/N=c1/oc2ccccc2cc1-c1ccccc1)Nc1ccccc1. The van der Waals surface area contributed by atoms with Crippen LogP contribution in [0.15, 0.2) is 101 Å². The second-order valence-electron chi connectivity index (χ2n) is 5.91. The minimum absolute atomic E-state index is 0.392. The summed E-state index contributed by atoms with van der Waals surface area (Å²) in [6.07, 6.45) is 0. The molecule has 2 N–H and O–H groups in total. The summed E-state index contributed by atoms with van der Waals surface area (Å²) in [5.41, 5.74) is 6.92. The van der Waals surface area contributed by atoms with Crippen LogP contribution in [0.2, 0.25) is 0 Å². The summed E-state index contributed by atoms with van der Waals surface area (Å²) in [5, 5.41) is 8.91.